The molecule has 1 aliphatic carbocycles. The second kappa shape index (κ2) is 8.80. The molecular weight excluding hydrogens is 442 g/mol. The highest BCUT2D eigenvalue weighted by Gasteiger charge is 2.26. The Bertz CT molecular complexity index is 1480. The summed E-state index contributed by atoms with van der Waals surface area (Å²) in [6, 6.07) is 15.5. The summed E-state index contributed by atoms with van der Waals surface area (Å²) in [6.45, 7) is 0.671. The van der Waals surface area contributed by atoms with Crippen LogP contribution in [0.1, 0.15) is 48.5 Å². The smallest absolute Gasteiger partial charge is 0.275 e. The maximum Gasteiger partial charge on any atom is 0.275 e. The number of nitrogens with zero attached hydrogens (tertiary/aromatic N) is 2. The lowest BCUT2D eigenvalue weighted by Gasteiger charge is -2.27. The number of fused-ring (bicyclic) bond motifs is 4. The fourth-order valence-corrected chi connectivity index (χ4v) is 5.57. The van der Waals surface area contributed by atoms with Crippen LogP contribution in [-0.4, -0.2) is 34.3 Å². The predicted octanol–water partition coefficient (Wildman–Crippen LogP) is 4.57. The van der Waals surface area contributed by atoms with E-state index in [4.69, 9.17) is 9.47 Å². The first-order chi connectivity index (χ1) is 17.1. The van der Waals surface area contributed by atoms with Crippen LogP contribution in [-0.2, 0) is 7.05 Å². The number of amides is 1. The zero-order chi connectivity index (χ0) is 23.9. The fraction of sp³-hybridized carbons (Fsp3) is 0.357. The van der Waals surface area contributed by atoms with Crippen LogP contribution < -0.4 is 20.3 Å². The molecule has 0 radical (unpaired) electrons. The van der Waals surface area contributed by atoms with E-state index in [9.17, 15) is 9.59 Å². The zero-order valence-electron chi connectivity index (χ0n) is 19.8. The predicted molar refractivity (Wildman–Crippen MR) is 135 cm³/mol. The van der Waals surface area contributed by atoms with Gasteiger partial charge in [0.15, 0.2) is 11.5 Å². The SMILES string of the molecule is Cn1c2ccccc2c2c(C(=O)NCC3COc4ccccc4O3)cn(C3CCCCC3)c(=O)c21. The number of pyridine rings is 1. The van der Waals surface area contributed by atoms with Crippen LogP contribution in [0.3, 0.4) is 0 Å². The summed E-state index contributed by atoms with van der Waals surface area (Å²) in [4.78, 5) is 27.3. The second-order valence-corrected chi connectivity index (χ2v) is 9.55. The first kappa shape index (κ1) is 21.8. The van der Waals surface area contributed by atoms with Crippen molar-refractivity contribution >= 4 is 27.7 Å². The Labute approximate surface area is 203 Å². The van der Waals surface area contributed by atoms with Gasteiger partial charge in [-0.15, -0.1) is 0 Å². The van der Waals surface area contributed by atoms with E-state index in [0.29, 0.717) is 41.1 Å². The summed E-state index contributed by atoms with van der Waals surface area (Å²) >= 11 is 0. The van der Waals surface area contributed by atoms with Crippen LogP contribution in [0.15, 0.2) is 59.5 Å². The molecule has 2 aromatic carbocycles. The molecule has 1 N–H and O–H groups in total. The average molecular weight is 472 g/mol. The number of carbonyl (C=O) groups is 1. The molecule has 3 heterocycles. The van der Waals surface area contributed by atoms with Gasteiger partial charge < -0.3 is 23.9 Å². The number of aromatic nitrogens is 2. The molecule has 0 spiro atoms. The van der Waals surface area contributed by atoms with Gasteiger partial charge in [-0.05, 0) is 31.0 Å². The van der Waals surface area contributed by atoms with Crippen molar-refractivity contribution in [2.75, 3.05) is 13.2 Å². The molecule has 1 fully saturated rings. The maximum absolute atomic E-state index is 13.7. The third-order valence-electron chi connectivity index (χ3n) is 7.35. The van der Waals surface area contributed by atoms with Crippen LogP contribution in [0.25, 0.3) is 21.8 Å². The Kier molecular flexibility index (Phi) is 5.47. The van der Waals surface area contributed by atoms with E-state index in [1.165, 1.54) is 6.42 Å². The molecular formula is C28H29N3O4. The maximum atomic E-state index is 13.7. The molecule has 35 heavy (non-hydrogen) atoms. The van der Waals surface area contributed by atoms with E-state index in [1.54, 1.807) is 6.20 Å². The van der Waals surface area contributed by atoms with Gasteiger partial charge in [0.05, 0.1) is 12.1 Å². The van der Waals surface area contributed by atoms with Crippen LogP contribution in [0.2, 0.25) is 0 Å². The van der Waals surface area contributed by atoms with Gasteiger partial charge in [0.2, 0.25) is 0 Å². The van der Waals surface area contributed by atoms with E-state index in [1.807, 2.05) is 64.7 Å². The van der Waals surface area contributed by atoms with Crippen LogP contribution in [0.5, 0.6) is 11.5 Å². The third-order valence-corrected chi connectivity index (χ3v) is 7.35. The highest BCUT2D eigenvalue weighted by molar-refractivity contribution is 6.17. The summed E-state index contributed by atoms with van der Waals surface area (Å²) in [5.74, 6) is 1.19. The summed E-state index contributed by atoms with van der Waals surface area (Å²) < 4.78 is 15.6. The van der Waals surface area contributed by atoms with Gasteiger partial charge in [0.25, 0.3) is 11.5 Å². The number of hydrogen-bond donors (Lipinski definition) is 1. The highest BCUT2D eigenvalue weighted by atomic mass is 16.6. The van der Waals surface area contributed by atoms with Gasteiger partial charge in [0, 0.05) is 35.6 Å². The lowest BCUT2D eigenvalue weighted by atomic mass is 9.95. The van der Waals surface area contributed by atoms with Gasteiger partial charge in [-0.3, -0.25) is 9.59 Å². The van der Waals surface area contributed by atoms with Gasteiger partial charge in [-0.25, -0.2) is 0 Å². The molecule has 4 aromatic rings. The summed E-state index contributed by atoms with van der Waals surface area (Å²) in [6.07, 6.45) is 6.82. The van der Waals surface area contributed by atoms with Crippen molar-refractivity contribution in [1.29, 1.82) is 0 Å². The number of carbonyl (C=O) groups excluding carboxylic acids is 1. The third kappa shape index (κ3) is 3.75. The Hall–Kier alpha value is -3.74. The quantitative estimate of drug-likeness (QED) is 0.473. The number of rotatable bonds is 4. The molecule has 0 saturated heterocycles. The van der Waals surface area contributed by atoms with E-state index < -0.39 is 0 Å². The second-order valence-electron chi connectivity index (χ2n) is 9.55. The van der Waals surface area contributed by atoms with Crippen LogP contribution in [0, 0.1) is 0 Å². The molecule has 2 aromatic heterocycles. The first-order valence-electron chi connectivity index (χ1n) is 12.4. The molecule has 7 nitrogen and oxygen atoms in total. The summed E-state index contributed by atoms with van der Waals surface area (Å²) in [5, 5.41) is 4.67. The topological polar surface area (TPSA) is 74.5 Å². The van der Waals surface area contributed by atoms with Gasteiger partial charge in [-0.1, -0.05) is 49.6 Å². The molecule has 7 heteroatoms. The van der Waals surface area contributed by atoms with Crippen molar-refractivity contribution in [3.63, 3.8) is 0 Å². The summed E-state index contributed by atoms with van der Waals surface area (Å²) in [5.41, 5.74) is 2.02. The minimum Gasteiger partial charge on any atom is -0.486 e. The van der Waals surface area contributed by atoms with Crippen molar-refractivity contribution in [2.24, 2.45) is 7.05 Å². The van der Waals surface area contributed by atoms with Gasteiger partial charge >= 0.3 is 0 Å². The molecule has 2 aliphatic rings. The summed E-state index contributed by atoms with van der Waals surface area (Å²) in [7, 11) is 1.91. The highest BCUT2D eigenvalue weighted by Crippen LogP contribution is 2.33. The number of aryl methyl sites for hydroxylation is 1. The van der Waals surface area contributed by atoms with Crippen molar-refractivity contribution < 1.29 is 14.3 Å². The fourth-order valence-electron chi connectivity index (χ4n) is 5.57. The van der Waals surface area contributed by atoms with Crippen LogP contribution >= 0.6 is 0 Å². The molecule has 1 saturated carbocycles. The van der Waals surface area contributed by atoms with E-state index in [-0.39, 0.29) is 23.6 Å². The monoisotopic (exact) mass is 471 g/mol. The van der Waals surface area contributed by atoms with Gasteiger partial charge in [0.1, 0.15) is 18.2 Å². The van der Waals surface area contributed by atoms with Crippen LogP contribution in [0.4, 0.5) is 0 Å². The first-order valence-corrected chi connectivity index (χ1v) is 12.4. The molecule has 180 valence electrons. The molecule has 6 rings (SSSR count). The van der Waals surface area contributed by atoms with E-state index in [0.717, 1.165) is 36.6 Å². The molecule has 1 amide bonds. The van der Waals surface area contributed by atoms with E-state index >= 15 is 0 Å². The van der Waals surface area contributed by atoms with Crippen molar-refractivity contribution in [3.8, 4) is 11.5 Å². The van der Waals surface area contributed by atoms with Crippen molar-refractivity contribution in [2.45, 2.75) is 44.2 Å². The minimum atomic E-state index is -0.291. The number of benzene rings is 2. The van der Waals surface area contributed by atoms with Gasteiger partial charge in [-0.2, -0.15) is 0 Å². The average Bonchev–Trinajstić information content (AvgIpc) is 3.21. The largest absolute Gasteiger partial charge is 0.486 e. The molecule has 1 aliphatic heterocycles. The molecule has 1 unspecified atom stereocenters. The lowest BCUT2D eigenvalue weighted by Crippen LogP contribution is -2.41. The Morgan fingerprint density at radius 2 is 1.77 bits per heavy atom. The van der Waals surface area contributed by atoms with Crippen molar-refractivity contribution in [3.05, 3.63) is 70.6 Å². The Morgan fingerprint density at radius 3 is 2.60 bits per heavy atom. The standard InChI is InChI=1S/C28H29N3O4/c1-30-22-12-6-5-11-20(22)25-21(16-31(28(33)26(25)30)18-9-3-2-4-10-18)27(32)29-15-19-17-34-23-13-7-8-14-24(23)35-19/h5-8,11-14,16,18-19H,2-4,9-10,15,17H2,1H3,(H,29,32). The number of ether oxygens (including phenoxy) is 2. The molecule has 0 bridgehead atoms. The lowest BCUT2D eigenvalue weighted by molar-refractivity contribution is 0.0789. The Morgan fingerprint density at radius 1 is 1.03 bits per heavy atom. The minimum absolute atomic E-state index is 0.0252. The molecule has 1 atom stereocenters. The number of nitrogens with one attached hydrogen (secondary N) is 1. The van der Waals surface area contributed by atoms with E-state index in [2.05, 4.69) is 5.32 Å². The Balaban J connectivity index is 1.38. The zero-order valence-corrected chi connectivity index (χ0v) is 19.8. The normalized spacial score (nSPS) is 18.1. The number of hydrogen-bond acceptors (Lipinski definition) is 4. The number of para-hydroxylation sites is 3. The van der Waals surface area contributed by atoms with Crippen molar-refractivity contribution in [1.82, 2.24) is 14.5 Å².